The van der Waals surface area contributed by atoms with Gasteiger partial charge in [-0.2, -0.15) is 0 Å². The van der Waals surface area contributed by atoms with Crippen LogP contribution in [0.5, 0.6) is 5.75 Å². The number of carbonyl (C=O) groups excluding carboxylic acids is 1. The number of nitrogens with zero attached hydrogens (tertiary/aromatic N) is 4. The Morgan fingerprint density at radius 2 is 2.04 bits per heavy atom. The molecule has 4 rings (SSSR count). The summed E-state index contributed by atoms with van der Waals surface area (Å²) in [5.74, 6) is 2.23. The van der Waals surface area contributed by atoms with E-state index in [1.54, 1.807) is 18.2 Å². The van der Waals surface area contributed by atoms with Gasteiger partial charge in [-0.1, -0.05) is 22.4 Å². The molecule has 2 aromatic rings. The lowest BCUT2D eigenvalue weighted by Gasteiger charge is -2.32. The van der Waals surface area contributed by atoms with Crippen LogP contribution in [-0.2, 0) is 13.0 Å². The minimum absolute atomic E-state index is 0.0165. The summed E-state index contributed by atoms with van der Waals surface area (Å²) in [6.07, 6.45) is 6.54. The van der Waals surface area contributed by atoms with Gasteiger partial charge in [-0.05, 0) is 43.9 Å². The molecule has 26 heavy (non-hydrogen) atoms. The third-order valence-corrected chi connectivity index (χ3v) is 5.90. The number of likely N-dealkylation sites (tertiary alicyclic amines) is 1. The number of aromatic hydroxyl groups is 1. The third-order valence-electron chi connectivity index (χ3n) is 5.40. The molecular formula is C19H23BrN4O2. The van der Waals surface area contributed by atoms with Gasteiger partial charge in [-0.15, -0.1) is 10.2 Å². The largest absolute Gasteiger partial charge is 0.507 e. The van der Waals surface area contributed by atoms with Crippen LogP contribution in [0.2, 0.25) is 0 Å². The summed E-state index contributed by atoms with van der Waals surface area (Å²) in [5, 5.41) is 19.0. The first kappa shape index (κ1) is 17.5. The Labute approximate surface area is 161 Å². The summed E-state index contributed by atoms with van der Waals surface area (Å²) in [4.78, 5) is 14.7. The molecule has 1 aromatic heterocycles. The lowest BCUT2D eigenvalue weighted by Crippen LogP contribution is -2.39. The van der Waals surface area contributed by atoms with Crippen molar-refractivity contribution in [2.24, 2.45) is 0 Å². The molecule has 7 heteroatoms. The fraction of sp³-hybridized carbons (Fsp3) is 0.526. The molecule has 0 spiro atoms. The monoisotopic (exact) mass is 418 g/mol. The zero-order chi connectivity index (χ0) is 18.1. The van der Waals surface area contributed by atoms with Crippen LogP contribution in [0.1, 0.15) is 60.0 Å². The first-order chi connectivity index (χ1) is 12.6. The van der Waals surface area contributed by atoms with E-state index in [1.807, 2.05) is 4.90 Å². The van der Waals surface area contributed by atoms with Gasteiger partial charge in [0.1, 0.15) is 17.4 Å². The molecule has 0 bridgehead atoms. The quantitative estimate of drug-likeness (QED) is 0.809. The maximum atomic E-state index is 12.9. The Balaban J connectivity index is 1.54. The molecule has 138 valence electrons. The number of fused-ring (bicyclic) bond motifs is 1. The van der Waals surface area contributed by atoms with Crippen LogP contribution in [0.15, 0.2) is 22.7 Å². The normalized spacial score (nSPS) is 20.5. The van der Waals surface area contributed by atoms with Crippen LogP contribution < -0.4 is 0 Å². The fourth-order valence-corrected chi connectivity index (χ4v) is 4.39. The van der Waals surface area contributed by atoms with E-state index in [1.165, 1.54) is 19.3 Å². The predicted octanol–water partition coefficient (Wildman–Crippen LogP) is 3.49. The van der Waals surface area contributed by atoms with Crippen molar-refractivity contribution in [3.05, 3.63) is 39.9 Å². The standard InChI is InChI=1S/C19H23BrN4O2/c20-14-7-8-15(16(25)11-14)19(26)23-9-4-5-13(12-23)18-22-21-17-6-2-1-3-10-24(17)18/h7-8,11,13,25H,1-6,9-10,12H2. The van der Waals surface area contributed by atoms with E-state index in [0.717, 1.165) is 41.9 Å². The van der Waals surface area contributed by atoms with Gasteiger partial charge < -0.3 is 14.6 Å². The summed E-state index contributed by atoms with van der Waals surface area (Å²) in [6.45, 7) is 2.33. The van der Waals surface area contributed by atoms with Gasteiger partial charge in [0.05, 0.1) is 5.56 Å². The molecule has 2 aliphatic heterocycles. The SMILES string of the molecule is O=C(c1ccc(Br)cc1O)N1CCCC(c2nnc3n2CCCCC3)C1. The van der Waals surface area contributed by atoms with Crippen LogP contribution in [0, 0.1) is 0 Å². The Hall–Kier alpha value is -1.89. The van der Waals surface area contributed by atoms with E-state index in [0.29, 0.717) is 18.7 Å². The van der Waals surface area contributed by atoms with E-state index < -0.39 is 0 Å². The highest BCUT2D eigenvalue weighted by Crippen LogP contribution is 2.30. The Kier molecular flexibility index (Phi) is 4.98. The summed E-state index contributed by atoms with van der Waals surface area (Å²) in [5.41, 5.74) is 0.355. The number of hydrogen-bond donors (Lipinski definition) is 1. The molecule has 0 radical (unpaired) electrons. The second-order valence-electron chi connectivity index (χ2n) is 7.19. The minimum atomic E-state index is -0.115. The average Bonchev–Trinajstić information content (AvgIpc) is 2.90. The van der Waals surface area contributed by atoms with Gasteiger partial charge in [0, 0.05) is 36.4 Å². The molecule has 2 aliphatic rings. The van der Waals surface area contributed by atoms with Crippen molar-refractivity contribution in [2.75, 3.05) is 13.1 Å². The number of phenolic OH excluding ortho intramolecular Hbond substituents is 1. The minimum Gasteiger partial charge on any atom is -0.507 e. The summed E-state index contributed by atoms with van der Waals surface area (Å²) >= 11 is 3.32. The number of rotatable bonds is 2. The molecule has 1 amide bonds. The fourth-order valence-electron chi connectivity index (χ4n) is 4.04. The molecule has 0 aliphatic carbocycles. The molecule has 6 nitrogen and oxygen atoms in total. The lowest BCUT2D eigenvalue weighted by molar-refractivity contribution is 0.0700. The number of carbonyl (C=O) groups is 1. The molecule has 1 aromatic carbocycles. The molecule has 1 saturated heterocycles. The highest BCUT2D eigenvalue weighted by Gasteiger charge is 2.30. The number of benzene rings is 1. The third kappa shape index (κ3) is 3.37. The number of aryl methyl sites for hydroxylation is 1. The molecule has 0 saturated carbocycles. The summed E-state index contributed by atoms with van der Waals surface area (Å²) < 4.78 is 3.04. The number of piperidine rings is 1. The second-order valence-corrected chi connectivity index (χ2v) is 8.10. The van der Waals surface area contributed by atoms with E-state index >= 15 is 0 Å². The van der Waals surface area contributed by atoms with E-state index in [2.05, 4.69) is 30.7 Å². The Morgan fingerprint density at radius 3 is 2.88 bits per heavy atom. The number of hydrogen-bond acceptors (Lipinski definition) is 4. The second kappa shape index (κ2) is 7.39. The molecule has 1 fully saturated rings. The van der Waals surface area contributed by atoms with Crippen LogP contribution in [0.4, 0.5) is 0 Å². The average molecular weight is 419 g/mol. The zero-order valence-corrected chi connectivity index (χ0v) is 16.3. The summed E-state index contributed by atoms with van der Waals surface area (Å²) in [6, 6.07) is 5.02. The van der Waals surface area contributed by atoms with Gasteiger partial charge in [0.2, 0.25) is 0 Å². The van der Waals surface area contributed by atoms with Crippen LogP contribution in [0.25, 0.3) is 0 Å². The van der Waals surface area contributed by atoms with Gasteiger partial charge in [0.15, 0.2) is 0 Å². The Bertz CT molecular complexity index is 820. The smallest absolute Gasteiger partial charge is 0.257 e. The van der Waals surface area contributed by atoms with Gasteiger partial charge in [0.25, 0.3) is 5.91 Å². The Morgan fingerprint density at radius 1 is 1.15 bits per heavy atom. The van der Waals surface area contributed by atoms with E-state index in [-0.39, 0.29) is 17.6 Å². The summed E-state index contributed by atoms with van der Waals surface area (Å²) in [7, 11) is 0. The van der Waals surface area contributed by atoms with Crippen LogP contribution in [-0.4, -0.2) is 43.8 Å². The number of phenols is 1. The maximum absolute atomic E-state index is 12.9. The van der Waals surface area contributed by atoms with Crippen molar-refractivity contribution in [1.82, 2.24) is 19.7 Å². The van der Waals surface area contributed by atoms with Crippen molar-refractivity contribution < 1.29 is 9.90 Å². The van der Waals surface area contributed by atoms with Crippen molar-refractivity contribution in [1.29, 1.82) is 0 Å². The lowest BCUT2D eigenvalue weighted by atomic mass is 9.96. The maximum Gasteiger partial charge on any atom is 0.257 e. The topological polar surface area (TPSA) is 71.2 Å². The first-order valence-corrected chi connectivity index (χ1v) is 10.1. The van der Waals surface area contributed by atoms with Crippen molar-refractivity contribution in [2.45, 2.75) is 51.0 Å². The van der Waals surface area contributed by atoms with Crippen molar-refractivity contribution in [3.8, 4) is 5.75 Å². The molecule has 1 unspecified atom stereocenters. The zero-order valence-electron chi connectivity index (χ0n) is 14.7. The number of halogens is 1. The van der Waals surface area contributed by atoms with Gasteiger partial charge >= 0.3 is 0 Å². The van der Waals surface area contributed by atoms with Crippen LogP contribution in [0.3, 0.4) is 0 Å². The van der Waals surface area contributed by atoms with Crippen LogP contribution >= 0.6 is 15.9 Å². The predicted molar refractivity (Wildman–Crippen MR) is 101 cm³/mol. The highest BCUT2D eigenvalue weighted by atomic mass is 79.9. The van der Waals surface area contributed by atoms with E-state index in [4.69, 9.17) is 0 Å². The number of aromatic nitrogens is 3. The van der Waals surface area contributed by atoms with Gasteiger partial charge in [-0.25, -0.2) is 0 Å². The molecule has 3 heterocycles. The molecule has 1 atom stereocenters. The first-order valence-electron chi connectivity index (χ1n) is 9.33. The van der Waals surface area contributed by atoms with Gasteiger partial charge in [-0.3, -0.25) is 4.79 Å². The van der Waals surface area contributed by atoms with E-state index in [9.17, 15) is 9.90 Å². The molecule has 1 N–H and O–H groups in total. The number of amides is 1. The molecular weight excluding hydrogens is 396 g/mol. The van der Waals surface area contributed by atoms with Crippen molar-refractivity contribution in [3.63, 3.8) is 0 Å². The highest BCUT2D eigenvalue weighted by molar-refractivity contribution is 9.10. The van der Waals surface area contributed by atoms with Crippen molar-refractivity contribution >= 4 is 21.8 Å².